The maximum absolute atomic E-state index is 12.1. The number of hydrogen-bond donors (Lipinski definition) is 1. The standard InChI is InChI=1S/C11H18F3NO/c12-11(13,14)9(16)6-15-7-10(8-15)4-2-1-3-5-10/h9,16H,1-8H2. The molecule has 2 nitrogen and oxygen atoms in total. The third-order valence-electron chi connectivity index (χ3n) is 3.84. The quantitative estimate of drug-likeness (QED) is 0.795. The van der Waals surface area contributed by atoms with Gasteiger partial charge in [0.25, 0.3) is 0 Å². The number of β-amino-alcohol motifs (C(OH)–C–C–N with tert-alkyl or cyclic N) is 1. The van der Waals surface area contributed by atoms with Crippen LogP contribution in [0.5, 0.6) is 0 Å². The van der Waals surface area contributed by atoms with Crippen molar-refractivity contribution in [1.82, 2.24) is 4.90 Å². The molecule has 0 aromatic rings. The van der Waals surface area contributed by atoms with Gasteiger partial charge in [-0.15, -0.1) is 0 Å². The van der Waals surface area contributed by atoms with Gasteiger partial charge >= 0.3 is 6.18 Å². The molecule has 1 atom stereocenters. The molecule has 0 amide bonds. The number of likely N-dealkylation sites (tertiary alicyclic amines) is 1. The second kappa shape index (κ2) is 4.18. The van der Waals surface area contributed by atoms with Crippen molar-refractivity contribution in [3.8, 4) is 0 Å². The number of aliphatic hydroxyl groups excluding tert-OH is 1. The van der Waals surface area contributed by atoms with Gasteiger partial charge in [-0.3, -0.25) is 4.90 Å². The largest absolute Gasteiger partial charge is 0.415 e. The fraction of sp³-hybridized carbons (Fsp3) is 1.00. The van der Waals surface area contributed by atoms with Gasteiger partial charge < -0.3 is 5.11 Å². The minimum Gasteiger partial charge on any atom is -0.382 e. The van der Waals surface area contributed by atoms with E-state index < -0.39 is 12.3 Å². The third-order valence-corrected chi connectivity index (χ3v) is 3.84. The monoisotopic (exact) mass is 237 g/mol. The Labute approximate surface area is 93.4 Å². The molecule has 1 aliphatic heterocycles. The Hall–Kier alpha value is -0.290. The number of halogens is 3. The second-order valence-electron chi connectivity index (χ2n) is 5.29. The van der Waals surface area contributed by atoms with Crippen LogP contribution in [-0.4, -0.2) is 41.9 Å². The van der Waals surface area contributed by atoms with Crippen LogP contribution < -0.4 is 0 Å². The molecular weight excluding hydrogens is 219 g/mol. The summed E-state index contributed by atoms with van der Waals surface area (Å²) in [5, 5.41) is 8.94. The molecule has 2 fully saturated rings. The maximum atomic E-state index is 12.1. The molecule has 1 saturated carbocycles. The molecule has 1 spiro atoms. The van der Waals surface area contributed by atoms with Crippen molar-refractivity contribution in [3.63, 3.8) is 0 Å². The second-order valence-corrected chi connectivity index (χ2v) is 5.29. The van der Waals surface area contributed by atoms with E-state index in [4.69, 9.17) is 5.11 Å². The predicted octanol–water partition coefficient (Wildman–Crippen LogP) is 2.18. The van der Waals surface area contributed by atoms with Crippen molar-refractivity contribution in [2.45, 2.75) is 44.4 Å². The van der Waals surface area contributed by atoms with E-state index in [2.05, 4.69) is 0 Å². The van der Waals surface area contributed by atoms with Crippen LogP contribution in [0.2, 0.25) is 0 Å². The average Bonchev–Trinajstić information content (AvgIpc) is 2.15. The minimum absolute atomic E-state index is 0.259. The summed E-state index contributed by atoms with van der Waals surface area (Å²) < 4.78 is 36.4. The Balaban J connectivity index is 1.76. The van der Waals surface area contributed by atoms with E-state index in [1.807, 2.05) is 0 Å². The molecule has 2 aliphatic rings. The third kappa shape index (κ3) is 2.51. The Morgan fingerprint density at radius 3 is 2.19 bits per heavy atom. The minimum atomic E-state index is -4.48. The molecule has 0 aromatic carbocycles. The van der Waals surface area contributed by atoms with Gasteiger partial charge in [-0.2, -0.15) is 13.2 Å². The highest BCUT2D eigenvalue weighted by molar-refractivity contribution is 4.97. The summed E-state index contributed by atoms with van der Waals surface area (Å²) >= 11 is 0. The molecule has 94 valence electrons. The highest BCUT2D eigenvalue weighted by Crippen LogP contribution is 2.44. The number of alkyl halides is 3. The van der Waals surface area contributed by atoms with E-state index in [0.29, 0.717) is 0 Å². The first kappa shape index (κ1) is 12.2. The first-order chi connectivity index (χ1) is 7.41. The van der Waals surface area contributed by atoms with Crippen molar-refractivity contribution < 1.29 is 18.3 Å². The van der Waals surface area contributed by atoms with Gasteiger partial charge in [-0.05, 0) is 18.3 Å². The van der Waals surface area contributed by atoms with Crippen molar-refractivity contribution in [3.05, 3.63) is 0 Å². The van der Waals surface area contributed by atoms with E-state index in [9.17, 15) is 13.2 Å². The topological polar surface area (TPSA) is 23.5 Å². The van der Waals surface area contributed by atoms with Gasteiger partial charge in [0.15, 0.2) is 6.10 Å². The first-order valence-corrected chi connectivity index (χ1v) is 5.88. The molecule has 16 heavy (non-hydrogen) atoms. The average molecular weight is 237 g/mol. The SMILES string of the molecule is OC(CN1CC2(CCCCC2)C1)C(F)(F)F. The Morgan fingerprint density at radius 1 is 1.12 bits per heavy atom. The van der Waals surface area contributed by atoms with Gasteiger partial charge in [0.1, 0.15) is 0 Å². The summed E-state index contributed by atoms with van der Waals surface area (Å²) in [4.78, 5) is 1.73. The zero-order chi connectivity index (χ0) is 11.8. The normalized spacial score (nSPS) is 27.8. The van der Waals surface area contributed by atoms with Gasteiger partial charge in [0.05, 0.1) is 0 Å². The lowest BCUT2D eigenvalue weighted by Gasteiger charge is -2.53. The van der Waals surface area contributed by atoms with E-state index in [1.54, 1.807) is 4.90 Å². The molecule has 1 unspecified atom stereocenters. The van der Waals surface area contributed by atoms with Crippen molar-refractivity contribution >= 4 is 0 Å². The summed E-state index contributed by atoms with van der Waals surface area (Å²) in [5.74, 6) is 0. The first-order valence-electron chi connectivity index (χ1n) is 5.88. The fourth-order valence-corrected chi connectivity index (χ4v) is 3.00. The van der Waals surface area contributed by atoms with Gasteiger partial charge in [-0.25, -0.2) is 0 Å². The molecule has 1 N–H and O–H groups in total. The van der Waals surface area contributed by atoms with Crippen LogP contribution in [0.25, 0.3) is 0 Å². The Morgan fingerprint density at radius 2 is 1.69 bits per heavy atom. The summed E-state index contributed by atoms with van der Waals surface area (Å²) in [6.45, 7) is 1.21. The van der Waals surface area contributed by atoms with E-state index in [1.165, 1.54) is 19.3 Å². The van der Waals surface area contributed by atoms with Crippen LogP contribution in [0, 0.1) is 5.41 Å². The van der Waals surface area contributed by atoms with Gasteiger partial charge in [0.2, 0.25) is 0 Å². The lowest BCUT2D eigenvalue weighted by atomic mass is 9.68. The lowest BCUT2D eigenvalue weighted by molar-refractivity contribution is -0.215. The molecule has 1 heterocycles. The fourth-order valence-electron chi connectivity index (χ4n) is 3.00. The van der Waals surface area contributed by atoms with E-state index in [0.717, 1.165) is 25.9 Å². The number of nitrogens with zero attached hydrogens (tertiary/aromatic N) is 1. The summed E-state index contributed by atoms with van der Waals surface area (Å²) in [5.41, 5.74) is 0.281. The molecule has 0 bridgehead atoms. The molecular formula is C11H18F3NO. The lowest BCUT2D eigenvalue weighted by Crippen LogP contribution is -2.59. The molecule has 1 aliphatic carbocycles. The Kier molecular flexibility index (Phi) is 3.18. The predicted molar refractivity (Wildman–Crippen MR) is 54.0 cm³/mol. The summed E-state index contributed by atoms with van der Waals surface area (Å²) in [7, 11) is 0. The highest BCUT2D eigenvalue weighted by Gasteiger charge is 2.47. The number of rotatable bonds is 2. The smallest absolute Gasteiger partial charge is 0.382 e. The van der Waals surface area contributed by atoms with Crippen LogP contribution in [-0.2, 0) is 0 Å². The van der Waals surface area contributed by atoms with Crippen LogP contribution in [0.15, 0.2) is 0 Å². The van der Waals surface area contributed by atoms with Crippen LogP contribution in [0.3, 0.4) is 0 Å². The van der Waals surface area contributed by atoms with E-state index >= 15 is 0 Å². The van der Waals surface area contributed by atoms with Gasteiger partial charge in [0, 0.05) is 19.6 Å². The highest BCUT2D eigenvalue weighted by atomic mass is 19.4. The molecule has 1 saturated heterocycles. The Bertz CT molecular complexity index is 240. The van der Waals surface area contributed by atoms with Crippen LogP contribution in [0.4, 0.5) is 13.2 Å². The summed E-state index contributed by atoms with van der Waals surface area (Å²) in [6, 6.07) is 0. The molecule has 0 aromatic heterocycles. The van der Waals surface area contributed by atoms with Crippen molar-refractivity contribution in [1.29, 1.82) is 0 Å². The number of aliphatic hydroxyl groups is 1. The number of hydrogen-bond acceptors (Lipinski definition) is 2. The molecule has 5 heteroatoms. The summed E-state index contributed by atoms with van der Waals surface area (Å²) in [6.07, 6.45) is -0.710. The van der Waals surface area contributed by atoms with Crippen molar-refractivity contribution in [2.75, 3.05) is 19.6 Å². The van der Waals surface area contributed by atoms with Crippen LogP contribution in [0.1, 0.15) is 32.1 Å². The van der Waals surface area contributed by atoms with Gasteiger partial charge in [-0.1, -0.05) is 19.3 Å². The zero-order valence-corrected chi connectivity index (χ0v) is 9.26. The zero-order valence-electron chi connectivity index (χ0n) is 9.26. The molecule has 2 rings (SSSR count). The molecule has 0 radical (unpaired) electrons. The van der Waals surface area contributed by atoms with E-state index in [-0.39, 0.29) is 12.0 Å². The maximum Gasteiger partial charge on any atom is 0.415 e. The van der Waals surface area contributed by atoms with Crippen molar-refractivity contribution in [2.24, 2.45) is 5.41 Å². The van der Waals surface area contributed by atoms with Crippen LogP contribution >= 0.6 is 0 Å².